The van der Waals surface area contributed by atoms with Crippen LogP contribution in [0.2, 0.25) is 0 Å². The fourth-order valence-electron chi connectivity index (χ4n) is 0.135. The monoisotopic (exact) mass is 145 g/mol. The SMILES string of the molecule is C[C](C(O)F)C(F)(F)F. The van der Waals surface area contributed by atoms with Gasteiger partial charge >= 0.3 is 6.18 Å². The number of hydrogen-bond donors (Lipinski definition) is 1. The Morgan fingerprint density at radius 2 is 1.78 bits per heavy atom. The van der Waals surface area contributed by atoms with Gasteiger partial charge in [-0.3, -0.25) is 0 Å². The minimum absolute atomic E-state index is 0.491. The molecule has 0 bridgehead atoms. The van der Waals surface area contributed by atoms with Crippen molar-refractivity contribution in [2.45, 2.75) is 19.5 Å². The lowest BCUT2D eigenvalue weighted by Gasteiger charge is -2.13. The molecule has 9 heavy (non-hydrogen) atoms. The molecular weight excluding hydrogens is 140 g/mol. The normalized spacial score (nSPS) is 16.3. The second-order valence-electron chi connectivity index (χ2n) is 1.52. The minimum atomic E-state index is -4.73. The van der Waals surface area contributed by atoms with Crippen LogP contribution in [-0.2, 0) is 0 Å². The summed E-state index contributed by atoms with van der Waals surface area (Å²) in [5.74, 6) is -1.53. The van der Waals surface area contributed by atoms with Gasteiger partial charge in [0, 0.05) is 0 Å². The first-order valence-electron chi connectivity index (χ1n) is 2.08. The van der Waals surface area contributed by atoms with Crippen molar-refractivity contribution in [2.75, 3.05) is 0 Å². The third-order valence-corrected chi connectivity index (χ3v) is 0.804. The highest BCUT2D eigenvalue weighted by molar-refractivity contribution is 4.94. The molecule has 1 N–H and O–H groups in total. The Kier molecular flexibility index (Phi) is 2.42. The van der Waals surface area contributed by atoms with Gasteiger partial charge < -0.3 is 5.11 Å². The maximum atomic E-state index is 11.4. The Morgan fingerprint density at radius 3 is 1.78 bits per heavy atom. The molecule has 0 aromatic heterocycles. The number of halogens is 4. The van der Waals surface area contributed by atoms with Crippen LogP contribution < -0.4 is 0 Å². The number of hydrogen-bond acceptors (Lipinski definition) is 1. The van der Waals surface area contributed by atoms with Crippen molar-refractivity contribution in [3.8, 4) is 0 Å². The van der Waals surface area contributed by atoms with E-state index in [-0.39, 0.29) is 0 Å². The molecule has 0 rings (SSSR count). The summed E-state index contributed by atoms with van der Waals surface area (Å²) in [6.07, 6.45) is -7.63. The van der Waals surface area contributed by atoms with Crippen molar-refractivity contribution in [3.63, 3.8) is 0 Å². The highest BCUT2D eigenvalue weighted by Gasteiger charge is 2.41. The van der Waals surface area contributed by atoms with Gasteiger partial charge in [0.25, 0.3) is 0 Å². The molecule has 0 saturated heterocycles. The van der Waals surface area contributed by atoms with Gasteiger partial charge in [-0.05, 0) is 6.92 Å². The van der Waals surface area contributed by atoms with Crippen LogP contribution in [-0.4, -0.2) is 17.6 Å². The lowest BCUT2D eigenvalue weighted by Crippen LogP contribution is -2.26. The van der Waals surface area contributed by atoms with Crippen molar-refractivity contribution in [2.24, 2.45) is 0 Å². The van der Waals surface area contributed by atoms with Crippen molar-refractivity contribution in [1.82, 2.24) is 0 Å². The molecule has 55 valence electrons. The van der Waals surface area contributed by atoms with Crippen LogP contribution in [0.25, 0.3) is 0 Å². The molecule has 0 heterocycles. The molecular formula is C4H5F4O. The van der Waals surface area contributed by atoms with Gasteiger partial charge in [-0.1, -0.05) is 0 Å². The summed E-state index contributed by atoms with van der Waals surface area (Å²) in [6, 6.07) is 0. The van der Waals surface area contributed by atoms with E-state index in [4.69, 9.17) is 5.11 Å². The molecule has 0 aliphatic rings. The van der Waals surface area contributed by atoms with Gasteiger partial charge in [-0.25, -0.2) is 4.39 Å². The van der Waals surface area contributed by atoms with Crippen LogP contribution in [0.15, 0.2) is 0 Å². The van der Waals surface area contributed by atoms with Gasteiger partial charge in [-0.2, -0.15) is 13.2 Å². The van der Waals surface area contributed by atoms with Gasteiger partial charge in [0.1, 0.15) is 5.92 Å². The average Bonchev–Trinajstić information content (AvgIpc) is 1.62. The Morgan fingerprint density at radius 1 is 1.44 bits per heavy atom. The molecule has 0 aromatic rings. The van der Waals surface area contributed by atoms with E-state index in [1.54, 1.807) is 0 Å². The van der Waals surface area contributed by atoms with Gasteiger partial charge in [0.2, 0.25) is 6.36 Å². The third kappa shape index (κ3) is 2.64. The van der Waals surface area contributed by atoms with E-state index in [0.29, 0.717) is 6.92 Å². The van der Waals surface area contributed by atoms with Crippen molar-refractivity contribution < 1.29 is 22.7 Å². The molecule has 0 saturated carbocycles. The first-order chi connectivity index (χ1) is 3.85. The van der Waals surface area contributed by atoms with Crippen LogP contribution in [0.5, 0.6) is 0 Å². The second-order valence-corrected chi connectivity index (χ2v) is 1.52. The van der Waals surface area contributed by atoms with Crippen molar-refractivity contribution in [3.05, 3.63) is 5.92 Å². The molecule has 0 spiro atoms. The maximum absolute atomic E-state index is 11.4. The highest BCUT2D eigenvalue weighted by atomic mass is 19.4. The quantitative estimate of drug-likeness (QED) is 0.553. The van der Waals surface area contributed by atoms with E-state index in [0.717, 1.165) is 0 Å². The number of aliphatic hydroxyl groups excluding tert-OH is 1. The van der Waals surface area contributed by atoms with E-state index in [1.807, 2.05) is 0 Å². The summed E-state index contributed by atoms with van der Waals surface area (Å²) >= 11 is 0. The second kappa shape index (κ2) is 2.51. The number of alkyl halides is 4. The first kappa shape index (κ1) is 8.68. The number of rotatable bonds is 1. The molecule has 0 amide bonds. The van der Waals surface area contributed by atoms with E-state index in [9.17, 15) is 17.6 Å². The van der Waals surface area contributed by atoms with Gasteiger partial charge in [-0.15, -0.1) is 0 Å². The predicted octanol–water partition coefficient (Wildman–Crippen LogP) is 1.43. The summed E-state index contributed by atoms with van der Waals surface area (Å²) in [7, 11) is 0. The van der Waals surface area contributed by atoms with Crippen LogP contribution in [0.3, 0.4) is 0 Å². The first-order valence-corrected chi connectivity index (χ1v) is 2.08. The Balaban J connectivity index is 3.88. The molecule has 0 aliphatic carbocycles. The standard InChI is InChI=1S/C4H5F4O/c1-2(3(5)9)4(6,7)8/h3,9H,1H3. The highest BCUT2D eigenvalue weighted by Crippen LogP contribution is 2.30. The molecule has 1 atom stereocenters. The predicted molar refractivity (Wildman–Crippen MR) is 22.1 cm³/mol. The Hall–Kier alpha value is -0.320. The van der Waals surface area contributed by atoms with Gasteiger partial charge in [0.05, 0.1) is 0 Å². The molecule has 0 fully saturated rings. The Bertz CT molecular complexity index is 87.1. The zero-order chi connectivity index (χ0) is 7.65. The molecule has 0 aliphatic heterocycles. The smallest absolute Gasteiger partial charge is 0.363 e. The zero-order valence-electron chi connectivity index (χ0n) is 4.54. The minimum Gasteiger partial charge on any atom is -0.363 e. The van der Waals surface area contributed by atoms with Crippen LogP contribution >= 0.6 is 0 Å². The van der Waals surface area contributed by atoms with Crippen LogP contribution in [0.1, 0.15) is 6.92 Å². The molecule has 1 radical (unpaired) electrons. The largest absolute Gasteiger partial charge is 0.400 e. The third-order valence-electron chi connectivity index (χ3n) is 0.804. The average molecular weight is 145 g/mol. The lowest BCUT2D eigenvalue weighted by atomic mass is 10.2. The summed E-state index contributed by atoms with van der Waals surface area (Å²) < 4.78 is 45.2. The van der Waals surface area contributed by atoms with Gasteiger partial charge in [0.15, 0.2) is 0 Å². The summed E-state index contributed by atoms with van der Waals surface area (Å²) in [5.41, 5.74) is 0. The summed E-state index contributed by atoms with van der Waals surface area (Å²) in [5, 5.41) is 7.73. The molecule has 1 nitrogen and oxygen atoms in total. The molecule has 5 heteroatoms. The number of aliphatic hydroxyl groups is 1. The lowest BCUT2D eigenvalue weighted by molar-refractivity contribution is -0.144. The maximum Gasteiger partial charge on any atom is 0.400 e. The fourth-order valence-corrected chi connectivity index (χ4v) is 0.135. The van der Waals surface area contributed by atoms with Crippen LogP contribution in [0, 0.1) is 5.92 Å². The molecule has 0 aromatic carbocycles. The van der Waals surface area contributed by atoms with Crippen molar-refractivity contribution in [1.29, 1.82) is 0 Å². The van der Waals surface area contributed by atoms with E-state index in [1.165, 1.54) is 0 Å². The molecule has 1 unspecified atom stereocenters. The zero-order valence-corrected chi connectivity index (χ0v) is 4.54. The van der Waals surface area contributed by atoms with Crippen LogP contribution in [0.4, 0.5) is 17.6 Å². The summed E-state index contributed by atoms with van der Waals surface area (Å²) in [6.45, 7) is 0.491. The van der Waals surface area contributed by atoms with E-state index >= 15 is 0 Å². The van der Waals surface area contributed by atoms with E-state index in [2.05, 4.69) is 0 Å². The topological polar surface area (TPSA) is 20.2 Å². The fraction of sp³-hybridized carbons (Fsp3) is 0.750. The van der Waals surface area contributed by atoms with E-state index < -0.39 is 18.5 Å². The Labute approximate surface area is 49.3 Å². The summed E-state index contributed by atoms with van der Waals surface area (Å²) in [4.78, 5) is 0. The van der Waals surface area contributed by atoms with Crippen molar-refractivity contribution >= 4 is 0 Å².